The zero-order valence-electron chi connectivity index (χ0n) is 10.7. The summed E-state index contributed by atoms with van der Waals surface area (Å²) in [7, 11) is 2.27. The van der Waals surface area contributed by atoms with E-state index in [-0.39, 0.29) is 0 Å². The summed E-state index contributed by atoms with van der Waals surface area (Å²) in [6.45, 7) is 6.67. The molecule has 1 unspecified atom stereocenters. The van der Waals surface area contributed by atoms with Gasteiger partial charge in [-0.3, -0.25) is 0 Å². The van der Waals surface area contributed by atoms with Crippen LogP contribution in [0.2, 0.25) is 0 Å². The fraction of sp³-hybridized carbons (Fsp3) is 1.00. The molecular weight excluding hydrogens is 184 g/mol. The summed E-state index contributed by atoms with van der Waals surface area (Å²) in [6, 6.07) is 0.877. The Hall–Kier alpha value is -0.0800. The van der Waals surface area contributed by atoms with Crippen molar-refractivity contribution in [3.63, 3.8) is 0 Å². The van der Waals surface area contributed by atoms with E-state index in [1.54, 1.807) is 0 Å². The summed E-state index contributed by atoms with van der Waals surface area (Å²) < 4.78 is 0. The lowest BCUT2D eigenvalue weighted by Crippen LogP contribution is -2.38. The zero-order chi connectivity index (χ0) is 11.3. The molecule has 2 nitrogen and oxygen atoms in total. The second-order valence-corrected chi connectivity index (χ2v) is 5.59. The van der Waals surface area contributed by atoms with Gasteiger partial charge in [0.1, 0.15) is 0 Å². The quantitative estimate of drug-likeness (QED) is 0.702. The molecule has 1 aliphatic rings. The van der Waals surface area contributed by atoms with Crippen molar-refractivity contribution < 1.29 is 0 Å². The van der Waals surface area contributed by atoms with Gasteiger partial charge < -0.3 is 10.6 Å². The summed E-state index contributed by atoms with van der Waals surface area (Å²) in [5, 5.41) is 0. The van der Waals surface area contributed by atoms with Gasteiger partial charge in [0.2, 0.25) is 0 Å². The lowest BCUT2D eigenvalue weighted by atomic mass is 9.90. The minimum atomic E-state index is 0.729. The fourth-order valence-corrected chi connectivity index (χ4v) is 2.39. The van der Waals surface area contributed by atoms with Crippen LogP contribution in [0.5, 0.6) is 0 Å². The summed E-state index contributed by atoms with van der Waals surface area (Å²) in [4.78, 5) is 2.53. The van der Waals surface area contributed by atoms with Crippen molar-refractivity contribution in [1.82, 2.24) is 4.90 Å². The molecule has 0 aromatic heterocycles. The average molecular weight is 212 g/mol. The smallest absolute Gasteiger partial charge is 0.00922 e. The van der Waals surface area contributed by atoms with Crippen LogP contribution < -0.4 is 5.73 Å². The standard InChI is InChI=1S/C13H28N2/c1-11(2)9-12(10-14)7-8-15(3)13-5-4-6-13/h11-13H,4-10,14H2,1-3H3. The first-order valence-electron chi connectivity index (χ1n) is 6.53. The highest BCUT2D eigenvalue weighted by molar-refractivity contribution is 4.78. The molecule has 0 amide bonds. The summed E-state index contributed by atoms with van der Waals surface area (Å²) in [5.74, 6) is 1.51. The molecule has 2 heteroatoms. The van der Waals surface area contributed by atoms with Gasteiger partial charge in [-0.2, -0.15) is 0 Å². The van der Waals surface area contributed by atoms with Crippen molar-refractivity contribution in [3.8, 4) is 0 Å². The molecule has 0 aromatic carbocycles. The molecule has 1 atom stereocenters. The van der Waals surface area contributed by atoms with Crippen molar-refractivity contribution in [2.24, 2.45) is 17.6 Å². The Morgan fingerprint density at radius 3 is 2.40 bits per heavy atom. The van der Waals surface area contributed by atoms with Gasteiger partial charge in [-0.15, -0.1) is 0 Å². The first-order valence-corrected chi connectivity index (χ1v) is 6.53. The first-order chi connectivity index (χ1) is 7.13. The number of nitrogens with zero attached hydrogens (tertiary/aromatic N) is 1. The van der Waals surface area contributed by atoms with Crippen LogP contribution in [-0.2, 0) is 0 Å². The Labute approximate surface area is 95.2 Å². The van der Waals surface area contributed by atoms with Crippen LogP contribution in [0.1, 0.15) is 46.0 Å². The van der Waals surface area contributed by atoms with E-state index in [0.717, 1.165) is 24.4 Å². The largest absolute Gasteiger partial charge is 0.330 e. The second-order valence-electron chi connectivity index (χ2n) is 5.59. The molecule has 1 fully saturated rings. The minimum absolute atomic E-state index is 0.729. The van der Waals surface area contributed by atoms with Crippen LogP contribution in [-0.4, -0.2) is 31.1 Å². The SMILES string of the molecule is CC(C)CC(CN)CCN(C)C1CCC1. The number of rotatable bonds is 7. The van der Waals surface area contributed by atoms with Gasteiger partial charge in [0.25, 0.3) is 0 Å². The van der Waals surface area contributed by atoms with E-state index in [4.69, 9.17) is 5.73 Å². The summed E-state index contributed by atoms with van der Waals surface area (Å²) in [5.41, 5.74) is 5.81. The monoisotopic (exact) mass is 212 g/mol. The highest BCUT2D eigenvalue weighted by Crippen LogP contribution is 2.24. The fourth-order valence-electron chi connectivity index (χ4n) is 2.39. The molecule has 0 bridgehead atoms. The third kappa shape index (κ3) is 4.52. The van der Waals surface area contributed by atoms with Gasteiger partial charge in [-0.05, 0) is 57.7 Å². The maximum absolute atomic E-state index is 5.81. The Morgan fingerprint density at radius 2 is 2.00 bits per heavy atom. The Kier molecular flexibility index (Phi) is 5.62. The van der Waals surface area contributed by atoms with Gasteiger partial charge in [0.15, 0.2) is 0 Å². The molecule has 15 heavy (non-hydrogen) atoms. The molecule has 0 aromatic rings. The molecule has 1 rings (SSSR count). The molecule has 1 saturated carbocycles. The molecular formula is C13H28N2. The molecule has 0 radical (unpaired) electrons. The Morgan fingerprint density at radius 1 is 1.33 bits per heavy atom. The first kappa shape index (κ1) is 13.0. The van der Waals surface area contributed by atoms with Gasteiger partial charge in [-0.1, -0.05) is 20.3 Å². The lowest BCUT2D eigenvalue weighted by molar-refractivity contribution is 0.149. The Balaban J connectivity index is 2.14. The van der Waals surface area contributed by atoms with E-state index in [0.29, 0.717) is 0 Å². The Bertz CT molecular complexity index is 164. The zero-order valence-corrected chi connectivity index (χ0v) is 10.7. The highest BCUT2D eigenvalue weighted by atomic mass is 15.1. The predicted molar refractivity (Wildman–Crippen MR) is 66.9 cm³/mol. The molecule has 1 aliphatic carbocycles. The lowest BCUT2D eigenvalue weighted by Gasteiger charge is -2.35. The van der Waals surface area contributed by atoms with Crippen molar-refractivity contribution in [3.05, 3.63) is 0 Å². The number of hydrogen-bond donors (Lipinski definition) is 1. The van der Waals surface area contributed by atoms with Crippen LogP contribution in [0.3, 0.4) is 0 Å². The van der Waals surface area contributed by atoms with E-state index in [9.17, 15) is 0 Å². The van der Waals surface area contributed by atoms with Crippen LogP contribution in [0.25, 0.3) is 0 Å². The van der Waals surface area contributed by atoms with E-state index in [1.807, 2.05) is 0 Å². The highest BCUT2D eigenvalue weighted by Gasteiger charge is 2.22. The van der Waals surface area contributed by atoms with Crippen LogP contribution in [0.15, 0.2) is 0 Å². The van der Waals surface area contributed by atoms with Crippen molar-refractivity contribution >= 4 is 0 Å². The maximum atomic E-state index is 5.81. The van der Waals surface area contributed by atoms with Crippen molar-refractivity contribution in [2.45, 2.75) is 52.0 Å². The minimum Gasteiger partial charge on any atom is -0.330 e. The molecule has 2 N–H and O–H groups in total. The molecule has 0 heterocycles. The summed E-state index contributed by atoms with van der Waals surface area (Å²) in [6.07, 6.45) is 6.82. The molecule has 0 saturated heterocycles. The predicted octanol–water partition coefficient (Wildman–Crippen LogP) is 2.48. The van der Waals surface area contributed by atoms with E-state index < -0.39 is 0 Å². The van der Waals surface area contributed by atoms with Gasteiger partial charge in [0.05, 0.1) is 0 Å². The van der Waals surface area contributed by atoms with Crippen molar-refractivity contribution in [2.75, 3.05) is 20.1 Å². The van der Waals surface area contributed by atoms with Crippen LogP contribution in [0, 0.1) is 11.8 Å². The van der Waals surface area contributed by atoms with Crippen molar-refractivity contribution in [1.29, 1.82) is 0 Å². The van der Waals surface area contributed by atoms with E-state index in [1.165, 1.54) is 38.6 Å². The molecule has 90 valence electrons. The van der Waals surface area contributed by atoms with Gasteiger partial charge >= 0.3 is 0 Å². The molecule has 0 aliphatic heterocycles. The topological polar surface area (TPSA) is 29.3 Å². The molecule has 0 spiro atoms. The normalized spacial score (nSPS) is 19.6. The van der Waals surface area contributed by atoms with Crippen LogP contribution >= 0.6 is 0 Å². The van der Waals surface area contributed by atoms with E-state index in [2.05, 4.69) is 25.8 Å². The number of nitrogens with two attached hydrogens (primary N) is 1. The number of hydrogen-bond acceptors (Lipinski definition) is 2. The van der Waals surface area contributed by atoms with Crippen LogP contribution in [0.4, 0.5) is 0 Å². The average Bonchev–Trinajstić information content (AvgIpc) is 2.08. The van der Waals surface area contributed by atoms with Gasteiger partial charge in [-0.25, -0.2) is 0 Å². The third-order valence-corrected chi connectivity index (χ3v) is 3.73. The third-order valence-electron chi connectivity index (χ3n) is 3.73. The summed E-state index contributed by atoms with van der Waals surface area (Å²) >= 11 is 0. The second kappa shape index (κ2) is 6.49. The maximum Gasteiger partial charge on any atom is 0.00922 e. The van der Waals surface area contributed by atoms with Gasteiger partial charge in [0, 0.05) is 6.04 Å². The van der Waals surface area contributed by atoms with E-state index >= 15 is 0 Å².